The molecule has 7 nitrogen and oxygen atoms in total. The number of nitrogens with zero attached hydrogens (tertiary/aromatic N) is 2. The van der Waals surface area contributed by atoms with Crippen molar-refractivity contribution in [3.63, 3.8) is 0 Å². The lowest BCUT2D eigenvalue weighted by molar-refractivity contribution is 0.0748. The van der Waals surface area contributed by atoms with Crippen molar-refractivity contribution < 1.29 is 18.7 Å². The van der Waals surface area contributed by atoms with Gasteiger partial charge in [-0.25, -0.2) is 4.79 Å². The van der Waals surface area contributed by atoms with Gasteiger partial charge in [0, 0.05) is 49.4 Å². The van der Waals surface area contributed by atoms with E-state index >= 15 is 0 Å². The lowest BCUT2D eigenvalue weighted by Gasteiger charge is -2.36. The van der Waals surface area contributed by atoms with Crippen LogP contribution in [0.15, 0.2) is 57.7 Å². The molecule has 0 unspecified atom stereocenters. The van der Waals surface area contributed by atoms with Crippen LogP contribution in [0.1, 0.15) is 17.3 Å². The summed E-state index contributed by atoms with van der Waals surface area (Å²) >= 11 is 0. The standard InChI is InChI=1S/C23H24N2O5/c1-3-29-18-8-9-19-20(15-22(26)30-21(19)14-18)23(27)25-12-10-24(11-13-25)16-4-6-17(28-2)7-5-16/h4-9,14-15H,3,10-13H2,1-2H3. The van der Waals surface area contributed by atoms with Gasteiger partial charge in [-0.2, -0.15) is 0 Å². The number of carbonyl (C=O) groups excluding carboxylic acids is 1. The second-order valence-electron chi connectivity index (χ2n) is 7.05. The average molecular weight is 408 g/mol. The van der Waals surface area contributed by atoms with Crippen LogP contribution in [0.4, 0.5) is 5.69 Å². The molecule has 7 heteroatoms. The Morgan fingerprint density at radius 3 is 2.37 bits per heavy atom. The molecule has 1 aromatic heterocycles. The van der Waals surface area contributed by atoms with Gasteiger partial charge in [-0.1, -0.05) is 0 Å². The summed E-state index contributed by atoms with van der Waals surface area (Å²) in [5.74, 6) is 1.26. The van der Waals surface area contributed by atoms with E-state index in [2.05, 4.69) is 4.90 Å². The maximum Gasteiger partial charge on any atom is 0.337 e. The predicted molar refractivity (Wildman–Crippen MR) is 115 cm³/mol. The maximum absolute atomic E-state index is 13.2. The zero-order valence-corrected chi connectivity index (χ0v) is 17.1. The van der Waals surface area contributed by atoms with E-state index in [1.54, 1.807) is 30.2 Å². The number of hydrogen-bond donors (Lipinski definition) is 0. The number of rotatable bonds is 5. The normalized spacial score (nSPS) is 14.1. The van der Waals surface area contributed by atoms with Crippen molar-refractivity contribution in [3.05, 3.63) is 64.5 Å². The first kappa shape index (κ1) is 19.8. The van der Waals surface area contributed by atoms with E-state index < -0.39 is 5.63 Å². The number of anilines is 1. The van der Waals surface area contributed by atoms with Gasteiger partial charge in [-0.05, 0) is 43.3 Å². The van der Waals surface area contributed by atoms with Crippen LogP contribution in [0.5, 0.6) is 11.5 Å². The van der Waals surface area contributed by atoms with Crippen LogP contribution < -0.4 is 20.0 Å². The van der Waals surface area contributed by atoms with Gasteiger partial charge in [-0.15, -0.1) is 0 Å². The molecule has 1 amide bonds. The monoisotopic (exact) mass is 408 g/mol. The molecule has 3 aromatic rings. The quantitative estimate of drug-likeness (QED) is 0.604. The number of carbonyl (C=O) groups is 1. The highest BCUT2D eigenvalue weighted by molar-refractivity contribution is 6.05. The Bertz CT molecular complexity index is 1100. The fourth-order valence-corrected chi connectivity index (χ4v) is 3.71. The van der Waals surface area contributed by atoms with Gasteiger partial charge in [0.05, 0.1) is 19.3 Å². The van der Waals surface area contributed by atoms with E-state index in [0.29, 0.717) is 55.1 Å². The SMILES string of the molecule is CCOc1ccc2c(C(=O)N3CCN(c4ccc(OC)cc4)CC3)cc(=O)oc2c1. The van der Waals surface area contributed by atoms with Gasteiger partial charge in [0.25, 0.3) is 5.91 Å². The van der Waals surface area contributed by atoms with Crippen molar-refractivity contribution in [2.45, 2.75) is 6.92 Å². The molecule has 2 aromatic carbocycles. The Hall–Kier alpha value is -3.48. The molecule has 1 aliphatic heterocycles. The Labute approximate surface area is 174 Å². The van der Waals surface area contributed by atoms with Crippen LogP contribution in [0.3, 0.4) is 0 Å². The van der Waals surface area contributed by atoms with Gasteiger partial charge in [-0.3, -0.25) is 4.79 Å². The van der Waals surface area contributed by atoms with E-state index in [-0.39, 0.29) is 5.91 Å². The molecule has 1 fully saturated rings. The van der Waals surface area contributed by atoms with Crippen LogP contribution in [0.25, 0.3) is 11.0 Å². The molecule has 0 aliphatic carbocycles. The van der Waals surface area contributed by atoms with Crippen molar-refractivity contribution in [1.82, 2.24) is 4.90 Å². The molecule has 1 saturated heterocycles. The van der Waals surface area contributed by atoms with E-state index in [0.717, 1.165) is 11.4 Å². The summed E-state index contributed by atoms with van der Waals surface area (Å²) in [6.45, 7) is 4.96. The second-order valence-corrected chi connectivity index (χ2v) is 7.05. The van der Waals surface area contributed by atoms with Crippen LogP contribution in [0, 0.1) is 0 Å². The van der Waals surface area contributed by atoms with Crippen molar-refractivity contribution >= 4 is 22.6 Å². The summed E-state index contributed by atoms with van der Waals surface area (Å²) in [6, 6.07) is 14.4. The molecule has 0 radical (unpaired) electrons. The van der Waals surface area contributed by atoms with Crippen molar-refractivity contribution in [1.29, 1.82) is 0 Å². The smallest absolute Gasteiger partial charge is 0.337 e. The minimum Gasteiger partial charge on any atom is -0.497 e. The molecule has 30 heavy (non-hydrogen) atoms. The second kappa shape index (κ2) is 8.49. The Morgan fingerprint density at radius 1 is 1.00 bits per heavy atom. The third-order valence-electron chi connectivity index (χ3n) is 5.26. The molecular weight excluding hydrogens is 384 g/mol. The van der Waals surface area contributed by atoms with Crippen LogP contribution >= 0.6 is 0 Å². The van der Waals surface area contributed by atoms with Gasteiger partial charge in [0.1, 0.15) is 17.1 Å². The summed E-state index contributed by atoms with van der Waals surface area (Å²) < 4.78 is 16.0. The molecular formula is C23H24N2O5. The molecule has 156 valence electrons. The largest absolute Gasteiger partial charge is 0.497 e. The van der Waals surface area contributed by atoms with E-state index in [1.165, 1.54) is 6.07 Å². The first-order valence-electron chi connectivity index (χ1n) is 9.98. The van der Waals surface area contributed by atoms with Crippen molar-refractivity contribution in [3.8, 4) is 11.5 Å². The highest BCUT2D eigenvalue weighted by atomic mass is 16.5. The summed E-state index contributed by atoms with van der Waals surface area (Å²) in [4.78, 5) is 29.2. The molecule has 1 aliphatic rings. The predicted octanol–water partition coefficient (Wildman–Crippen LogP) is 3.16. The number of ether oxygens (including phenoxy) is 2. The minimum absolute atomic E-state index is 0.161. The number of amides is 1. The molecule has 0 atom stereocenters. The lowest BCUT2D eigenvalue weighted by Crippen LogP contribution is -2.49. The molecule has 4 rings (SSSR count). The number of fused-ring (bicyclic) bond motifs is 1. The van der Waals surface area contributed by atoms with E-state index in [1.807, 2.05) is 31.2 Å². The Morgan fingerprint density at radius 2 is 1.70 bits per heavy atom. The highest BCUT2D eigenvalue weighted by Crippen LogP contribution is 2.25. The van der Waals surface area contributed by atoms with Gasteiger partial charge >= 0.3 is 5.63 Å². The summed E-state index contributed by atoms with van der Waals surface area (Å²) in [5.41, 5.74) is 1.27. The molecule has 0 saturated carbocycles. The number of piperazine rings is 1. The zero-order valence-electron chi connectivity index (χ0n) is 17.1. The average Bonchev–Trinajstić information content (AvgIpc) is 2.78. The van der Waals surface area contributed by atoms with Crippen molar-refractivity contribution in [2.75, 3.05) is 44.8 Å². The third-order valence-corrected chi connectivity index (χ3v) is 5.26. The van der Waals surface area contributed by atoms with Gasteiger partial charge in [0.2, 0.25) is 0 Å². The fraction of sp³-hybridized carbons (Fsp3) is 0.304. The summed E-state index contributed by atoms with van der Waals surface area (Å²) in [5, 5.41) is 0.612. The Kier molecular flexibility index (Phi) is 5.61. The first-order chi connectivity index (χ1) is 14.6. The topological polar surface area (TPSA) is 72.2 Å². The highest BCUT2D eigenvalue weighted by Gasteiger charge is 2.24. The Balaban J connectivity index is 1.52. The molecule has 2 heterocycles. The number of methoxy groups -OCH3 is 1. The van der Waals surface area contributed by atoms with Crippen LogP contribution in [-0.4, -0.2) is 50.7 Å². The first-order valence-corrected chi connectivity index (χ1v) is 9.98. The van der Waals surface area contributed by atoms with E-state index in [4.69, 9.17) is 13.9 Å². The lowest BCUT2D eigenvalue weighted by atomic mass is 10.1. The number of hydrogen-bond acceptors (Lipinski definition) is 6. The van der Waals surface area contributed by atoms with Gasteiger partial charge in [0.15, 0.2) is 0 Å². The maximum atomic E-state index is 13.2. The molecule has 0 bridgehead atoms. The molecule has 0 spiro atoms. The minimum atomic E-state index is -0.545. The summed E-state index contributed by atoms with van der Waals surface area (Å²) in [7, 11) is 1.64. The van der Waals surface area contributed by atoms with Crippen LogP contribution in [0.2, 0.25) is 0 Å². The summed E-state index contributed by atoms with van der Waals surface area (Å²) in [6.07, 6.45) is 0. The van der Waals surface area contributed by atoms with Gasteiger partial charge < -0.3 is 23.7 Å². The van der Waals surface area contributed by atoms with Crippen LogP contribution in [-0.2, 0) is 0 Å². The number of benzene rings is 2. The van der Waals surface area contributed by atoms with Crippen molar-refractivity contribution in [2.24, 2.45) is 0 Å². The van der Waals surface area contributed by atoms with E-state index in [9.17, 15) is 9.59 Å². The fourth-order valence-electron chi connectivity index (χ4n) is 3.71. The molecule has 0 N–H and O–H groups in total. The third kappa shape index (κ3) is 3.96. The zero-order chi connectivity index (χ0) is 21.1.